The maximum absolute atomic E-state index is 2.72. The average Bonchev–Trinajstić information content (AvgIpc) is 3.26. The molecule has 0 saturated heterocycles. The summed E-state index contributed by atoms with van der Waals surface area (Å²) in [5.74, 6) is 0. The van der Waals surface area contributed by atoms with E-state index in [-0.39, 0.29) is 0 Å². The van der Waals surface area contributed by atoms with Crippen LogP contribution in [0.15, 0.2) is 36.4 Å². The first-order valence-electron chi connectivity index (χ1n) is 14.7. The van der Waals surface area contributed by atoms with Crippen molar-refractivity contribution in [2.24, 2.45) is 0 Å². The molecule has 0 aliphatic rings. The van der Waals surface area contributed by atoms with Crippen LogP contribution in [0.1, 0.15) is 105 Å². The van der Waals surface area contributed by atoms with E-state index in [1.54, 1.807) is 0 Å². The van der Waals surface area contributed by atoms with Crippen LogP contribution < -0.4 is 9.80 Å². The first-order chi connectivity index (χ1) is 17.2. The van der Waals surface area contributed by atoms with Crippen molar-refractivity contribution in [3.8, 4) is 0 Å². The summed E-state index contributed by atoms with van der Waals surface area (Å²) in [5.41, 5.74) is 2.94. The van der Waals surface area contributed by atoms with Crippen LogP contribution in [-0.4, -0.2) is 26.2 Å². The van der Waals surface area contributed by atoms with Gasteiger partial charge < -0.3 is 9.80 Å². The first-order valence-corrected chi connectivity index (χ1v) is 15.5. The Morgan fingerprint density at radius 2 is 0.829 bits per heavy atom. The van der Waals surface area contributed by atoms with Gasteiger partial charge in [0, 0.05) is 57.7 Å². The van der Waals surface area contributed by atoms with Gasteiger partial charge in [-0.05, 0) is 49.9 Å². The molecule has 3 aromatic rings. The molecular weight excluding hydrogens is 444 g/mol. The summed E-state index contributed by atoms with van der Waals surface area (Å²) in [4.78, 5) is 5.43. The predicted molar refractivity (Wildman–Crippen MR) is 162 cm³/mol. The second-order valence-electron chi connectivity index (χ2n) is 10.2. The Hall–Kier alpha value is -1.74. The molecule has 0 fully saturated rings. The molecule has 2 nitrogen and oxygen atoms in total. The van der Waals surface area contributed by atoms with Gasteiger partial charge in [-0.1, -0.05) is 91.2 Å². The lowest BCUT2D eigenvalue weighted by Crippen LogP contribution is -2.27. The van der Waals surface area contributed by atoms with Gasteiger partial charge in [-0.25, -0.2) is 0 Å². The second kappa shape index (κ2) is 15.4. The minimum Gasteiger partial charge on any atom is -0.371 e. The standard InChI is InChI=1S/C32H50N2S/c1-5-9-13-23-33(24-14-10-6-2)27-19-17-21-29-31(27)32-28(20-18-22-30(32)35-29)34(25-15-11-7-3)26-16-12-8-4/h17-22H,5-16,23-26H2,1-4H3. The normalized spacial score (nSPS) is 11.5. The maximum Gasteiger partial charge on any atom is 0.0461 e. The zero-order valence-electron chi connectivity index (χ0n) is 23.1. The van der Waals surface area contributed by atoms with Gasteiger partial charge >= 0.3 is 0 Å². The molecule has 2 aromatic carbocycles. The summed E-state index contributed by atoms with van der Waals surface area (Å²) >= 11 is 1.98. The van der Waals surface area contributed by atoms with Crippen molar-refractivity contribution in [3.05, 3.63) is 36.4 Å². The van der Waals surface area contributed by atoms with Crippen LogP contribution in [0.2, 0.25) is 0 Å². The van der Waals surface area contributed by atoms with E-state index in [9.17, 15) is 0 Å². The van der Waals surface area contributed by atoms with Gasteiger partial charge in [0.05, 0.1) is 0 Å². The Balaban J connectivity index is 2.07. The monoisotopic (exact) mass is 494 g/mol. The summed E-state index contributed by atoms with van der Waals surface area (Å²) in [6.07, 6.45) is 15.5. The lowest BCUT2D eigenvalue weighted by atomic mass is 10.1. The summed E-state index contributed by atoms with van der Waals surface area (Å²) in [5, 5.41) is 3.01. The van der Waals surface area contributed by atoms with E-state index in [1.165, 1.54) is 135 Å². The van der Waals surface area contributed by atoms with Gasteiger partial charge in [-0.15, -0.1) is 11.3 Å². The summed E-state index contributed by atoms with van der Waals surface area (Å²) in [6, 6.07) is 14.1. The molecule has 35 heavy (non-hydrogen) atoms. The van der Waals surface area contributed by atoms with Crippen molar-refractivity contribution < 1.29 is 0 Å². The first kappa shape index (κ1) is 27.8. The molecule has 1 heterocycles. The van der Waals surface area contributed by atoms with Crippen molar-refractivity contribution >= 4 is 42.9 Å². The minimum absolute atomic E-state index is 1.17. The Morgan fingerprint density at radius 3 is 1.14 bits per heavy atom. The number of hydrogen-bond donors (Lipinski definition) is 0. The van der Waals surface area contributed by atoms with E-state index in [1.807, 2.05) is 11.3 Å². The molecule has 0 aliphatic heterocycles. The van der Waals surface area contributed by atoms with E-state index >= 15 is 0 Å². The summed E-state index contributed by atoms with van der Waals surface area (Å²) in [6.45, 7) is 13.9. The Labute approximate surface area is 219 Å². The van der Waals surface area contributed by atoms with E-state index in [2.05, 4.69) is 73.9 Å². The maximum atomic E-state index is 2.72. The molecule has 0 spiro atoms. The van der Waals surface area contributed by atoms with Crippen molar-refractivity contribution in [1.82, 2.24) is 0 Å². The number of fused-ring (bicyclic) bond motifs is 3. The molecule has 3 rings (SSSR count). The molecule has 0 bridgehead atoms. The summed E-state index contributed by atoms with van der Waals surface area (Å²) in [7, 11) is 0. The lowest BCUT2D eigenvalue weighted by Gasteiger charge is -2.28. The molecule has 0 unspecified atom stereocenters. The molecule has 0 saturated carbocycles. The van der Waals surface area contributed by atoms with E-state index in [0.29, 0.717) is 0 Å². The van der Waals surface area contributed by atoms with Gasteiger partial charge in [0.25, 0.3) is 0 Å². The molecule has 0 N–H and O–H groups in total. The molecular formula is C32H50N2S. The highest BCUT2D eigenvalue weighted by Crippen LogP contribution is 2.44. The zero-order valence-corrected chi connectivity index (χ0v) is 23.9. The third-order valence-electron chi connectivity index (χ3n) is 7.29. The molecule has 0 radical (unpaired) electrons. The Bertz CT molecular complexity index is 894. The van der Waals surface area contributed by atoms with Crippen LogP contribution in [0, 0.1) is 0 Å². The molecule has 1 aromatic heterocycles. The number of hydrogen-bond acceptors (Lipinski definition) is 3. The highest BCUT2D eigenvalue weighted by atomic mass is 32.1. The number of rotatable bonds is 18. The van der Waals surface area contributed by atoms with E-state index in [4.69, 9.17) is 0 Å². The van der Waals surface area contributed by atoms with E-state index in [0.717, 1.165) is 0 Å². The van der Waals surface area contributed by atoms with Crippen LogP contribution in [0.3, 0.4) is 0 Å². The quantitative estimate of drug-likeness (QED) is 0.162. The summed E-state index contributed by atoms with van der Waals surface area (Å²) < 4.78 is 2.89. The van der Waals surface area contributed by atoms with Crippen molar-refractivity contribution in [2.45, 2.75) is 105 Å². The van der Waals surface area contributed by atoms with E-state index < -0.39 is 0 Å². The smallest absolute Gasteiger partial charge is 0.0461 e. The molecule has 194 valence electrons. The van der Waals surface area contributed by atoms with Gasteiger partial charge in [0.15, 0.2) is 0 Å². The fourth-order valence-electron chi connectivity index (χ4n) is 5.27. The third-order valence-corrected chi connectivity index (χ3v) is 8.41. The number of unbranched alkanes of at least 4 members (excludes halogenated alkanes) is 8. The topological polar surface area (TPSA) is 6.48 Å². The average molecular weight is 495 g/mol. The van der Waals surface area contributed by atoms with Gasteiger partial charge in [-0.3, -0.25) is 0 Å². The minimum atomic E-state index is 1.17. The third kappa shape index (κ3) is 7.62. The molecule has 0 atom stereocenters. The molecule has 3 heteroatoms. The van der Waals surface area contributed by atoms with Crippen LogP contribution in [0.5, 0.6) is 0 Å². The van der Waals surface area contributed by atoms with Crippen LogP contribution in [0.25, 0.3) is 20.2 Å². The van der Waals surface area contributed by atoms with Crippen molar-refractivity contribution in [3.63, 3.8) is 0 Å². The fraction of sp³-hybridized carbons (Fsp3) is 0.625. The predicted octanol–water partition coefficient (Wildman–Crippen LogP) is 10.4. The lowest BCUT2D eigenvalue weighted by molar-refractivity contribution is 0.637. The zero-order chi connectivity index (χ0) is 24.9. The Kier molecular flexibility index (Phi) is 12.2. The largest absolute Gasteiger partial charge is 0.371 e. The molecule has 0 amide bonds. The number of anilines is 2. The van der Waals surface area contributed by atoms with Crippen molar-refractivity contribution in [1.29, 1.82) is 0 Å². The SMILES string of the molecule is CCCCCN(CCCCC)c1cccc2sc3cccc(N(CCCCC)CCCCC)c3c12. The van der Waals surface area contributed by atoms with Crippen LogP contribution >= 0.6 is 11.3 Å². The fourth-order valence-corrected chi connectivity index (χ4v) is 6.42. The second-order valence-corrected chi connectivity index (χ2v) is 11.3. The highest BCUT2D eigenvalue weighted by molar-refractivity contribution is 7.26. The number of nitrogens with zero attached hydrogens (tertiary/aromatic N) is 2. The van der Waals surface area contributed by atoms with Gasteiger partial charge in [-0.2, -0.15) is 0 Å². The van der Waals surface area contributed by atoms with Gasteiger partial charge in [0.2, 0.25) is 0 Å². The van der Waals surface area contributed by atoms with Crippen LogP contribution in [-0.2, 0) is 0 Å². The number of thiophene rings is 1. The van der Waals surface area contributed by atoms with Crippen LogP contribution in [0.4, 0.5) is 11.4 Å². The number of benzene rings is 2. The Morgan fingerprint density at radius 1 is 0.486 bits per heavy atom. The van der Waals surface area contributed by atoms with Gasteiger partial charge in [0.1, 0.15) is 0 Å². The molecule has 0 aliphatic carbocycles. The van der Waals surface area contributed by atoms with Crippen molar-refractivity contribution in [2.75, 3.05) is 36.0 Å². The highest BCUT2D eigenvalue weighted by Gasteiger charge is 2.19.